The van der Waals surface area contributed by atoms with Gasteiger partial charge < -0.3 is 10.2 Å². The molecule has 0 radical (unpaired) electrons. The number of pyridine rings is 1. The molecule has 0 fully saturated rings. The second-order valence-electron chi connectivity index (χ2n) is 5.55. The number of anilines is 1. The minimum Gasteiger partial charge on any atom is -0.364 e. The van der Waals surface area contributed by atoms with E-state index in [0.717, 1.165) is 12.8 Å². The average molecular weight is 321 g/mol. The van der Waals surface area contributed by atoms with Gasteiger partial charge >= 0.3 is 0 Å². The molecule has 1 atom stereocenters. The van der Waals surface area contributed by atoms with Crippen molar-refractivity contribution in [2.45, 2.75) is 18.9 Å². The van der Waals surface area contributed by atoms with E-state index < -0.39 is 0 Å². The zero-order chi connectivity index (χ0) is 16.9. The third-order valence-electron chi connectivity index (χ3n) is 3.99. The number of rotatable bonds is 4. The van der Waals surface area contributed by atoms with Gasteiger partial charge in [-0.25, -0.2) is 9.97 Å². The van der Waals surface area contributed by atoms with Crippen LogP contribution in [-0.4, -0.2) is 38.8 Å². The second kappa shape index (κ2) is 7.04. The van der Waals surface area contributed by atoms with Crippen LogP contribution < -0.4 is 5.32 Å². The lowest BCUT2D eigenvalue weighted by Crippen LogP contribution is -2.37. The van der Waals surface area contributed by atoms with E-state index in [1.807, 2.05) is 42.3 Å². The number of hydrogen-bond donors (Lipinski definition) is 1. The molecule has 24 heavy (non-hydrogen) atoms. The third-order valence-corrected chi connectivity index (χ3v) is 3.99. The fraction of sp³-hybridized carbons (Fsp3) is 0.222. The molecule has 6 nitrogen and oxygen atoms in total. The van der Waals surface area contributed by atoms with Gasteiger partial charge in [0.1, 0.15) is 5.69 Å². The smallest absolute Gasteiger partial charge is 0.271 e. The van der Waals surface area contributed by atoms with Crippen LogP contribution in [0, 0.1) is 0 Å². The number of likely N-dealkylation sites (N-methyl/N-ethyl adjacent to an activating group) is 1. The largest absolute Gasteiger partial charge is 0.364 e. The molecule has 0 aromatic carbocycles. The number of hydrogen-bond acceptors (Lipinski definition) is 5. The van der Waals surface area contributed by atoms with Crippen molar-refractivity contribution < 1.29 is 4.79 Å². The molecule has 1 amide bonds. The Balaban J connectivity index is 1.71. The summed E-state index contributed by atoms with van der Waals surface area (Å²) < 4.78 is 0. The molecule has 1 aliphatic rings. The van der Waals surface area contributed by atoms with Crippen LogP contribution in [-0.2, 0) is 4.79 Å². The van der Waals surface area contributed by atoms with Gasteiger partial charge in [0.15, 0.2) is 5.82 Å². The average Bonchev–Trinajstić information content (AvgIpc) is 2.63. The highest BCUT2D eigenvalue weighted by Crippen LogP contribution is 2.21. The molecule has 2 aromatic rings. The van der Waals surface area contributed by atoms with E-state index in [1.165, 1.54) is 0 Å². The minimum absolute atomic E-state index is 0.168. The number of allylic oxidation sites excluding steroid dienone is 1. The van der Waals surface area contributed by atoms with E-state index in [9.17, 15) is 4.79 Å². The number of nitrogens with zero attached hydrogens (tertiary/aromatic N) is 4. The number of amides is 1. The van der Waals surface area contributed by atoms with E-state index in [2.05, 4.69) is 26.8 Å². The highest BCUT2D eigenvalue weighted by Gasteiger charge is 2.23. The van der Waals surface area contributed by atoms with Crippen LogP contribution in [0.5, 0.6) is 0 Å². The predicted octanol–water partition coefficient (Wildman–Crippen LogP) is 2.64. The minimum atomic E-state index is -0.168. The first kappa shape index (κ1) is 15.9. The van der Waals surface area contributed by atoms with Gasteiger partial charge in [-0.2, -0.15) is 0 Å². The standard InChI is InChI=1S/C18H19N5O/c1-3-14-7-6-9-16(23(14)2)18(24)22-13-11-20-17(21-12-13)15-8-4-5-10-19-15/h3-5,8-12,14H,1,6-7H2,2H3,(H,22,24). The maximum Gasteiger partial charge on any atom is 0.271 e. The quantitative estimate of drug-likeness (QED) is 0.877. The second-order valence-corrected chi connectivity index (χ2v) is 5.55. The summed E-state index contributed by atoms with van der Waals surface area (Å²) in [5.74, 6) is 0.354. The monoisotopic (exact) mass is 321 g/mol. The molecule has 0 bridgehead atoms. The zero-order valence-corrected chi connectivity index (χ0v) is 13.5. The van der Waals surface area contributed by atoms with Crippen molar-refractivity contribution in [2.75, 3.05) is 12.4 Å². The Bertz CT molecular complexity index is 755. The van der Waals surface area contributed by atoms with Crippen LogP contribution in [0.3, 0.4) is 0 Å². The molecular weight excluding hydrogens is 302 g/mol. The lowest BCUT2D eigenvalue weighted by Gasteiger charge is -2.32. The molecule has 1 aliphatic heterocycles. The van der Waals surface area contributed by atoms with Crippen LogP contribution in [0.25, 0.3) is 11.5 Å². The van der Waals surface area contributed by atoms with Gasteiger partial charge in [-0.3, -0.25) is 9.78 Å². The van der Waals surface area contributed by atoms with Crippen molar-refractivity contribution in [1.82, 2.24) is 19.9 Å². The highest BCUT2D eigenvalue weighted by atomic mass is 16.2. The summed E-state index contributed by atoms with van der Waals surface area (Å²) >= 11 is 0. The van der Waals surface area contributed by atoms with E-state index in [-0.39, 0.29) is 11.9 Å². The molecule has 0 spiro atoms. The number of aromatic nitrogens is 3. The Kier molecular flexibility index (Phi) is 4.65. The van der Waals surface area contributed by atoms with Crippen LogP contribution in [0.4, 0.5) is 5.69 Å². The van der Waals surface area contributed by atoms with Gasteiger partial charge in [-0.15, -0.1) is 6.58 Å². The van der Waals surface area contributed by atoms with E-state index in [0.29, 0.717) is 22.9 Å². The maximum atomic E-state index is 12.5. The normalized spacial score (nSPS) is 17.1. The van der Waals surface area contributed by atoms with E-state index >= 15 is 0 Å². The van der Waals surface area contributed by atoms with Crippen LogP contribution in [0.2, 0.25) is 0 Å². The topological polar surface area (TPSA) is 71.0 Å². The maximum absolute atomic E-state index is 12.5. The summed E-state index contributed by atoms with van der Waals surface area (Å²) in [4.78, 5) is 27.1. The lowest BCUT2D eigenvalue weighted by atomic mass is 10.0. The Hall–Kier alpha value is -3.02. The van der Waals surface area contributed by atoms with Crippen molar-refractivity contribution >= 4 is 11.6 Å². The van der Waals surface area contributed by atoms with Gasteiger partial charge in [-0.1, -0.05) is 18.2 Å². The summed E-state index contributed by atoms with van der Waals surface area (Å²) in [5, 5.41) is 2.84. The molecule has 1 unspecified atom stereocenters. The summed E-state index contributed by atoms with van der Waals surface area (Å²) in [7, 11) is 1.90. The summed E-state index contributed by atoms with van der Waals surface area (Å²) in [6.07, 6.45) is 10.5. The van der Waals surface area contributed by atoms with Crippen LogP contribution in [0.1, 0.15) is 12.8 Å². The van der Waals surface area contributed by atoms with Gasteiger partial charge in [0.25, 0.3) is 5.91 Å². The van der Waals surface area contributed by atoms with E-state index in [4.69, 9.17) is 0 Å². The first-order valence-electron chi connectivity index (χ1n) is 7.79. The number of nitrogens with one attached hydrogen (secondary N) is 1. The van der Waals surface area contributed by atoms with Crippen molar-refractivity contribution in [3.05, 3.63) is 61.2 Å². The van der Waals surface area contributed by atoms with Crippen molar-refractivity contribution in [2.24, 2.45) is 0 Å². The van der Waals surface area contributed by atoms with Gasteiger partial charge in [0, 0.05) is 19.3 Å². The van der Waals surface area contributed by atoms with Crippen molar-refractivity contribution in [1.29, 1.82) is 0 Å². The SMILES string of the molecule is C=CC1CCC=C(C(=O)Nc2cnc(-c3ccccn3)nc2)N1C. The Morgan fingerprint density at radius 3 is 2.79 bits per heavy atom. The molecule has 0 saturated heterocycles. The molecule has 3 rings (SSSR count). The van der Waals surface area contributed by atoms with Crippen molar-refractivity contribution in [3.63, 3.8) is 0 Å². The summed E-state index contributed by atoms with van der Waals surface area (Å²) in [6, 6.07) is 5.73. The van der Waals surface area contributed by atoms with E-state index in [1.54, 1.807) is 18.6 Å². The first-order valence-corrected chi connectivity index (χ1v) is 7.79. The lowest BCUT2D eigenvalue weighted by molar-refractivity contribution is -0.114. The highest BCUT2D eigenvalue weighted by molar-refractivity contribution is 6.03. The summed E-state index contributed by atoms with van der Waals surface area (Å²) in [6.45, 7) is 3.82. The van der Waals surface area contributed by atoms with Gasteiger partial charge in [0.2, 0.25) is 0 Å². The van der Waals surface area contributed by atoms with Crippen molar-refractivity contribution in [3.8, 4) is 11.5 Å². The first-order chi connectivity index (χ1) is 11.7. The molecule has 2 aromatic heterocycles. The molecule has 3 heterocycles. The molecule has 122 valence electrons. The molecule has 0 saturated carbocycles. The Morgan fingerprint density at radius 2 is 2.12 bits per heavy atom. The van der Waals surface area contributed by atoms with Crippen LogP contribution in [0.15, 0.2) is 61.2 Å². The molecule has 1 N–H and O–H groups in total. The zero-order valence-electron chi connectivity index (χ0n) is 13.5. The molecular formula is C18H19N5O. The van der Waals surface area contributed by atoms with Gasteiger partial charge in [-0.05, 0) is 25.0 Å². The number of carbonyl (C=O) groups excluding carboxylic acids is 1. The van der Waals surface area contributed by atoms with Gasteiger partial charge in [0.05, 0.1) is 23.8 Å². The fourth-order valence-electron chi connectivity index (χ4n) is 2.65. The Morgan fingerprint density at radius 1 is 1.33 bits per heavy atom. The van der Waals surface area contributed by atoms with Crippen LogP contribution >= 0.6 is 0 Å². The number of carbonyl (C=O) groups is 1. The summed E-state index contributed by atoms with van der Waals surface area (Å²) in [5.41, 5.74) is 1.88. The third kappa shape index (κ3) is 3.32. The predicted molar refractivity (Wildman–Crippen MR) is 93.0 cm³/mol. The molecule has 0 aliphatic carbocycles. The molecule has 6 heteroatoms. The fourth-order valence-corrected chi connectivity index (χ4v) is 2.65. The Labute approximate surface area is 141 Å².